The van der Waals surface area contributed by atoms with Crippen molar-refractivity contribution >= 4 is 27.7 Å². The van der Waals surface area contributed by atoms with Gasteiger partial charge in [-0.2, -0.15) is 5.10 Å². The summed E-state index contributed by atoms with van der Waals surface area (Å²) in [4.78, 5) is 25.7. The lowest BCUT2D eigenvalue weighted by Gasteiger charge is -2.10. The van der Waals surface area contributed by atoms with Gasteiger partial charge in [-0.15, -0.1) is 0 Å². The third kappa shape index (κ3) is 3.15. The number of benzene rings is 1. The first-order valence-electron chi connectivity index (χ1n) is 9.04. The fourth-order valence-corrected chi connectivity index (χ4v) is 3.34. The Balaban J connectivity index is 2.20. The van der Waals surface area contributed by atoms with Crippen molar-refractivity contribution in [1.29, 1.82) is 0 Å². The molecule has 0 bridgehead atoms. The summed E-state index contributed by atoms with van der Waals surface area (Å²) in [7, 11) is 0. The van der Waals surface area contributed by atoms with Crippen molar-refractivity contribution in [1.82, 2.24) is 14.3 Å². The SMILES string of the molecule is Cc1c2c(=O)n(CCCN)c3ccccc3c2nn1C(=O)CCCCN. The first kappa shape index (κ1) is 18.3. The van der Waals surface area contributed by atoms with Crippen molar-refractivity contribution < 1.29 is 4.79 Å². The molecule has 7 heteroatoms. The molecule has 2 aromatic heterocycles. The highest BCUT2D eigenvalue weighted by Gasteiger charge is 2.20. The number of para-hydroxylation sites is 1. The molecule has 0 atom stereocenters. The van der Waals surface area contributed by atoms with Crippen molar-refractivity contribution in [2.75, 3.05) is 13.1 Å². The van der Waals surface area contributed by atoms with E-state index in [1.165, 1.54) is 4.68 Å². The molecule has 0 saturated heterocycles. The minimum Gasteiger partial charge on any atom is -0.330 e. The van der Waals surface area contributed by atoms with Gasteiger partial charge < -0.3 is 16.0 Å². The van der Waals surface area contributed by atoms with Crippen molar-refractivity contribution in [3.8, 4) is 0 Å². The number of aryl methyl sites for hydroxylation is 2. The van der Waals surface area contributed by atoms with E-state index in [9.17, 15) is 9.59 Å². The minimum atomic E-state index is -0.120. The molecule has 0 saturated carbocycles. The predicted molar refractivity (Wildman–Crippen MR) is 103 cm³/mol. The third-order valence-electron chi connectivity index (χ3n) is 4.69. The van der Waals surface area contributed by atoms with Gasteiger partial charge in [-0.3, -0.25) is 9.59 Å². The summed E-state index contributed by atoms with van der Waals surface area (Å²) in [5, 5.41) is 5.88. The lowest BCUT2D eigenvalue weighted by atomic mass is 10.1. The predicted octanol–water partition coefficient (Wildman–Crippen LogP) is 1.78. The summed E-state index contributed by atoms with van der Waals surface area (Å²) >= 11 is 0. The van der Waals surface area contributed by atoms with E-state index >= 15 is 0 Å². The molecule has 0 aliphatic rings. The van der Waals surface area contributed by atoms with Gasteiger partial charge in [0.05, 0.1) is 16.6 Å². The average molecular weight is 355 g/mol. The van der Waals surface area contributed by atoms with E-state index in [0.717, 1.165) is 17.3 Å². The van der Waals surface area contributed by atoms with E-state index < -0.39 is 0 Å². The Morgan fingerprint density at radius 2 is 1.85 bits per heavy atom. The Labute approximate surface area is 151 Å². The molecule has 0 fully saturated rings. The van der Waals surface area contributed by atoms with Gasteiger partial charge in [0.25, 0.3) is 5.56 Å². The van der Waals surface area contributed by atoms with E-state index in [2.05, 4.69) is 5.10 Å². The molecule has 2 heterocycles. The van der Waals surface area contributed by atoms with Crippen LogP contribution in [0.4, 0.5) is 0 Å². The van der Waals surface area contributed by atoms with Crippen LogP contribution >= 0.6 is 0 Å². The number of hydrogen-bond acceptors (Lipinski definition) is 5. The van der Waals surface area contributed by atoms with Crippen LogP contribution in [0.1, 0.15) is 36.2 Å². The van der Waals surface area contributed by atoms with Crippen LogP contribution in [-0.2, 0) is 6.54 Å². The number of rotatable bonds is 7. The van der Waals surface area contributed by atoms with E-state index in [4.69, 9.17) is 11.5 Å². The number of carbonyl (C=O) groups excluding carboxylic acids is 1. The van der Waals surface area contributed by atoms with Gasteiger partial charge in [-0.25, -0.2) is 4.68 Å². The Morgan fingerprint density at radius 3 is 2.58 bits per heavy atom. The highest BCUT2D eigenvalue weighted by Crippen LogP contribution is 2.24. The van der Waals surface area contributed by atoms with Crippen LogP contribution in [-0.4, -0.2) is 33.3 Å². The largest absolute Gasteiger partial charge is 0.330 e. The molecule has 7 nitrogen and oxygen atoms in total. The molecule has 1 aromatic carbocycles. The molecule has 0 unspecified atom stereocenters. The Kier molecular flexibility index (Phi) is 5.49. The highest BCUT2D eigenvalue weighted by molar-refractivity contribution is 6.05. The fourth-order valence-electron chi connectivity index (χ4n) is 3.34. The maximum Gasteiger partial charge on any atom is 0.262 e. The zero-order chi connectivity index (χ0) is 18.7. The number of aromatic nitrogens is 3. The number of unbranched alkanes of at least 4 members (excludes halogenated alkanes) is 1. The molecular formula is C19H25N5O2. The smallest absolute Gasteiger partial charge is 0.262 e. The number of pyridine rings is 1. The van der Waals surface area contributed by atoms with Crippen molar-refractivity contribution in [2.45, 2.75) is 39.2 Å². The van der Waals surface area contributed by atoms with Crippen LogP contribution in [0, 0.1) is 6.92 Å². The van der Waals surface area contributed by atoms with Crippen LogP contribution in [0.25, 0.3) is 21.8 Å². The van der Waals surface area contributed by atoms with Gasteiger partial charge in [0.1, 0.15) is 5.52 Å². The van der Waals surface area contributed by atoms with Crippen LogP contribution in [0.5, 0.6) is 0 Å². The maximum atomic E-state index is 13.1. The fraction of sp³-hybridized carbons (Fsp3) is 0.421. The van der Waals surface area contributed by atoms with Crippen molar-refractivity contribution in [3.05, 3.63) is 40.3 Å². The normalized spacial score (nSPS) is 11.5. The Bertz CT molecular complexity index is 1000. The Morgan fingerprint density at radius 1 is 1.12 bits per heavy atom. The molecule has 4 N–H and O–H groups in total. The molecule has 0 aliphatic carbocycles. The summed E-state index contributed by atoms with van der Waals surface area (Å²) in [6, 6.07) is 7.65. The topological polar surface area (TPSA) is 109 Å². The van der Waals surface area contributed by atoms with E-state index in [-0.39, 0.29) is 11.5 Å². The summed E-state index contributed by atoms with van der Waals surface area (Å²) in [6.07, 6.45) is 2.58. The number of fused-ring (bicyclic) bond motifs is 3. The van der Waals surface area contributed by atoms with Gasteiger partial charge >= 0.3 is 0 Å². The highest BCUT2D eigenvalue weighted by atomic mass is 16.2. The summed E-state index contributed by atoms with van der Waals surface area (Å²) < 4.78 is 3.12. The lowest BCUT2D eigenvalue weighted by Crippen LogP contribution is -2.22. The van der Waals surface area contributed by atoms with Crippen LogP contribution in [0.3, 0.4) is 0 Å². The van der Waals surface area contributed by atoms with Gasteiger partial charge in [0, 0.05) is 18.4 Å². The zero-order valence-electron chi connectivity index (χ0n) is 15.1. The van der Waals surface area contributed by atoms with Crippen LogP contribution in [0.2, 0.25) is 0 Å². The molecule has 3 aromatic rings. The number of nitrogens with zero attached hydrogens (tertiary/aromatic N) is 3. The molecule has 0 amide bonds. The van der Waals surface area contributed by atoms with Gasteiger partial charge in [0.15, 0.2) is 0 Å². The minimum absolute atomic E-state index is 0.107. The quantitative estimate of drug-likeness (QED) is 0.628. The van der Waals surface area contributed by atoms with Crippen LogP contribution < -0.4 is 17.0 Å². The number of hydrogen-bond donors (Lipinski definition) is 2. The zero-order valence-corrected chi connectivity index (χ0v) is 15.1. The Hall–Kier alpha value is -2.51. The third-order valence-corrected chi connectivity index (χ3v) is 4.69. The van der Waals surface area contributed by atoms with Crippen molar-refractivity contribution in [2.24, 2.45) is 11.5 Å². The monoisotopic (exact) mass is 355 g/mol. The molecule has 26 heavy (non-hydrogen) atoms. The average Bonchev–Trinajstić information content (AvgIpc) is 3.00. The van der Waals surface area contributed by atoms with E-state index in [1.807, 2.05) is 24.3 Å². The van der Waals surface area contributed by atoms with Crippen molar-refractivity contribution in [3.63, 3.8) is 0 Å². The second-order valence-corrected chi connectivity index (χ2v) is 6.48. The molecule has 0 aliphatic heterocycles. The first-order valence-corrected chi connectivity index (χ1v) is 9.04. The number of carbonyl (C=O) groups is 1. The molecule has 0 radical (unpaired) electrons. The molecule has 3 rings (SSSR count). The van der Waals surface area contributed by atoms with Gasteiger partial charge in [-0.05, 0) is 45.3 Å². The second-order valence-electron chi connectivity index (χ2n) is 6.48. The number of nitrogens with two attached hydrogens (primary N) is 2. The first-order chi connectivity index (χ1) is 12.6. The summed E-state index contributed by atoms with van der Waals surface area (Å²) in [5.74, 6) is -0.107. The standard InChI is InChI=1S/C19H25N5O2/c1-13-17-18(22-24(13)16(25)9-4-5-10-20)14-7-2-3-8-15(14)23(19(17)26)12-6-11-21/h2-3,7-8H,4-6,9-12,20-21H2,1H3. The second kappa shape index (κ2) is 7.80. The van der Waals surface area contributed by atoms with E-state index in [1.54, 1.807) is 11.5 Å². The molecule has 0 spiro atoms. The lowest BCUT2D eigenvalue weighted by molar-refractivity contribution is 0.0882. The van der Waals surface area contributed by atoms with Crippen LogP contribution in [0.15, 0.2) is 29.1 Å². The summed E-state index contributed by atoms with van der Waals surface area (Å²) in [6.45, 7) is 3.39. The van der Waals surface area contributed by atoms with Gasteiger partial charge in [0.2, 0.25) is 5.91 Å². The molecular weight excluding hydrogens is 330 g/mol. The van der Waals surface area contributed by atoms with E-state index in [0.29, 0.717) is 55.5 Å². The van der Waals surface area contributed by atoms with Gasteiger partial charge in [-0.1, -0.05) is 18.2 Å². The summed E-state index contributed by atoms with van der Waals surface area (Å²) in [5.41, 5.74) is 13.0. The molecule has 138 valence electrons. The maximum absolute atomic E-state index is 13.1.